The van der Waals surface area contributed by atoms with Gasteiger partial charge in [-0.2, -0.15) is 0 Å². The van der Waals surface area contributed by atoms with Gasteiger partial charge in [-0.05, 0) is 20.5 Å². The Morgan fingerprint density at radius 2 is 2.33 bits per heavy atom. The molecule has 0 radical (unpaired) electrons. The molecule has 0 saturated carbocycles. The number of hydrogen-bond acceptors (Lipinski definition) is 4. The van der Waals surface area contributed by atoms with Crippen molar-refractivity contribution in [2.45, 2.75) is 31.7 Å². The molecule has 1 aromatic heterocycles. The number of oxazole rings is 1. The third-order valence-electron chi connectivity index (χ3n) is 2.79. The molecule has 1 aliphatic carbocycles. The zero-order chi connectivity index (χ0) is 10.8. The molecule has 4 heteroatoms. The summed E-state index contributed by atoms with van der Waals surface area (Å²) in [6.07, 6.45) is 3.73. The minimum Gasteiger partial charge on any atom is -0.445 e. The number of rotatable bonds is 3. The van der Waals surface area contributed by atoms with E-state index >= 15 is 0 Å². The molecule has 0 aliphatic heterocycles. The van der Waals surface area contributed by atoms with Crippen LogP contribution in [0.4, 0.5) is 0 Å². The average Bonchev–Trinajstić information content (AvgIpc) is 2.56. The van der Waals surface area contributed by atoms with Crippen molar-refractivity contribution in [1.82, 2.24) is 9.88 Å². The first-order valence-electron chi connectivity index (χ1n) is 5.53. The lowest BCUT2D eigenvalue weighted by Gasteiger charge is -2.14. The summed E-state index contributed by atoms with van der Waals surface area (Å²) >= 11 is 0. The molecular formula is C11H19N3O. The Balaban J connectivity index is 2.03. The van der Waals surface area contributed by atoms with Crippen LogP contribution in [-0.2, 0) is 19.3 Å². The SMILES string of the molecule is CN(C)CCc1nc2c(o1)CCC(N)C2. The summed E-state index contributed by atoms with van der Waals surface area (Å²) in [5.74, 6) is 1.92. The minimum atomic E-state index is 0.268. The highest BCUT2D eigenvalue weighted by Crippen LogP contribution is 2.21. The van der Waals surface area contributed by atoms with Crippen LogP contribution in [0.1, 0.15) is 23.8 Å². The Bertz CT molecular complexity index is 333. The standard InChI is InChI=1S/C11H19N3O/c1-14(2)6-5-11-13-9-7-8(12)3-4-10(9)15-11/h8H,3-7,12H2,1-2H3. The molecule has 2 rings (SSSR count). The summed E-state index contributed by atoms with van der Waals surface area (Å²) in [6, 6.07) is 0.268. The van der Waals surface area contributed by atoms with E-state index in [1.165, 1.54) is 0 Å². The summed E-state index contributed by atoms with van der Waals surface area (Å²) in [6.45, 7) is 0.978. The summed E-state index contributed by atoms with van der Waals surface area (Å²) in [5, 5.41) is 0. The number of hydrogen-bond donors (Lipinski definition) is 1. The van der Waals surface area contributed by atoms with Crippen LogP contribution in [0.25, 0.3) is 0 Å². The van der Waals surface area contributed by atoms with E-state index in [2.05, 4.69) is 24.0 Å². The second-order valence-corrected chi connectivity index (χ2v) is 4.53. The lowest BCUT2D eigenvalue weighted by molar-refractivity contribution is 0.373. The van der Waals surface area contributed by atoms with Crippen molar-refractivity contribution < 1.29 is 4.42 Å². The zero-order valence-electron chi connectivity index (χ0n) is 9.49. The van der Waals surface area contributed by atoms with Gasteiger partial charge in [-0.3, -0.25) is 0 Å². The Morgan fingerprint density at radius 3 is 3.07 bits per heavy atom. The van der Waals surface area contributed by atoms with Crippen LogP contribution in [0, 0.1) is 0 Å². The summed E-state index contributed by atoms with van der Waals surface area (Å²) in [5.41, 5.74) is 6.98. The van der Waals surface area contributed by atoms with Gasteiger partial charge in [0.25, 0.3) is 0 Å². The van der Waals surface area contributed by atoms with Crippen LogP contribution < -0.4 is 5.73 Å². The molecule has 0 aromatic carbocycles. The number of aromatic nitrogens is 1. The highest BCUT2D eigenvalue weighted by atomic mass is 16.4. The molecule has 1 aromatic rings. The molecule has 0 spiro atoms. The van der Waals surface area contributed by atoms with Gasteiger partial charge in [0.05, 0.1) is 5.69 Å². The molecule has 1 heterocycles. The van der Waals surface area contributed by atoms with E-state index in [0.29, 0.717) is 0 Å². The normalized spacial score (nSPS) is 20.7. The maximum absolute atomic E-state index is 5.89. The first kappa shape index (κ1) is 10.6. The smallest absolute Gasteiger partial charge is 0.195 e. The fourth-order valence-electron chi connectivity index (χ4n) is 1.88. The molecule has 1 atom stereocenters. The van der Waals surface area contributed by atoms with E-state index in [4.69, 9.17) is 10.2 Å². The molecule has 0 fully saturated rings. The molecule has 1 aliphatic rings. The van der Waals surface area contributed by atoms with Crippen molar-refractivity contribution in [3.63, 3.8) is 0 Å². The van der Waals surface area contributed by atoms with E-state index in [1.54, 1.807) is 0 Å². The van der Waals surface area contributed by atoms with E-state index in [9.17, 15) is 0 Å². The molecule has 2 N–H and O–H groups in total. The van der Waals surface area contributed by atoms with Crippen LogP contribution in [-0.4, -0.2) is 36.6 Å². The average molecular weight is 209 g/mol. The predicted molar refractivity (Wildman–Crippen MR) is 58.8 cm³/mol. The number of fused-ring (bicyclic) bond motifs is 1. The Kier molecular flexibility index (Phi) is 3.07. The van der Waals surface area contributed by atoms with Gasteiger partial charge in [0.2, 0.25) is 0 Å². The second-order valence-electron chi connectivity index (χ2n) is 4.53. The van der Waals surface area contributed by atoms with Gasteiger partial charge in [-0.25, -0.2) is 4.98 Å². The van der Waals surface area contributed by atoms with Gasteiger partial charge in [-0.15, -0.1) is 0 Å². The Labute approximate surface area is 90.5 Å². The van der Waals surface area contributed by atoms with Gasteiger partial charge < -0.3 is 15.1 Å². The van der Waals surface area contributed by atoms with Gasteiger partial charge in [-0.1, -0.05) is 0 Å². The zero-order valence-corrected chi connectivity index (χ0v) is 9.49. The fraction of sp³-hybridized carbons (Fsp3) is 0.727. The molecule has 0 saturated heterocycles. The monoisotopic (exact) mass is 209 g/mol. The molecule has 15 heavy (non-hydrogen) atoms. The molecule has 0 bridgehead atoms. The van der Waals surface area contributed by atoms with Crippen molar-refractivity contribution in [2.75, 3.05) is 20.6 Å². The number of nitrogens with two attached hydrogens (primary N) is 1. The second kappa shape index (κ2) is 4.33. The van der Waals surface area contributed by atoms with Crippen LogP contribution in [0.3, 0.4) is 0 Å². The van der Waals surface area contributed by atoms with Crippen molar-refractivity contribution in [3.05, 3.63) is 17.3 Å². The highest BCUT2D eigenvalue weighted by molar-refractivity contribution is 5.15. The largest absolute Gasteiger partial charge is 0.445 e. The quantitative estimate of drug-likeness (QED) is 0.792. The summed E-state index contributed by atoms with van der Waals surface area (Å²) < 4.78 is 5.71. The maximum Gasteiger partial charge on any atom is 0.195 e. The lowest BCUT2D eigenvalue weighted by Crippen LogP contribution is -2.27. The van der Waals surface area contributed by atoms with Gasteiger partial charge in [0.15, 0.2) is 5.89 Å². The molecule has 84 valence electrons. The third-order valence-corrected chi connectivity index (χ3v) is 2.79. The van der Waals surface area contributed by atoms with Crippen molar-refractivity contribution in [1.29, 1.82) is 0 Å². The maximum atomic E-state index is 5.89. The first-order valence-corrected chi connectivity index (χ1v) is 5.53. The summed E-state index contributed by atoms with van der Waals surface area (Å²) in [4.78, 5) is 6.63. The van der Waals surface area contributed by atoms with Crippen molar-refractivity contribution in [2.24, 2.45) is 5.73 Å². The molecular weight excluding hydrogens is 190 g/mol. The third kappa shape index (κ3) is 2.58. The van der Waals surface area contributed by atoms with E-state index < -0.39 is 0 Å². The van der Waals surface area contributed by atoms with Gasteiger partial charge in [0, 0.05) is 31.8 Å². The topological polar surface area (TPSA) is 55.3 Å². The molecule has 0 amide bonds. The van der Waals surface area contributed by atoms with E-state index in [0.717, 1.165) is 49.6 Å². The Morgan fingerprint density at radius 1 is 1.53 bits per heavy atom. The summed E-state index contributed by atoms with van der Waals surface area (Å²) in [7, 11) is 4.11. The van der Waals surface area contributed by atoms with Gasteiger partial charge in [0.1, 0.15) is 5.76 Å². The van der Waals surface area contributed by atoms with Gasteiger partial charge >= 0.3 is 0 Å². The number of aryl methyl sites for hydroxylation is 1. The number of likely N-dealkylation sites (N-methyl/N-ethyl adjacent to an activating group) is 1. The predicted octanol–water partition coefficient (Wildman–Crippen LogP) is 0.595. The lowest BCUT2D eigenvalue weighted by atomic mass is 9.98. The van der Waals surface area contributed by atoms with Crippen LogP contribution in [0.2, 0.25) is 0 Å². The van der Waals surface area contributed by atoms with Crippen molar-refractivity contribution in [3.8, 4) is 0 Å². The molecule has 4 nitrogen and oxygen atoms in total. The Hall–Kier alpha value is -0.870. The highest BCUT2D eigenvalue weighted by Gasteiger charge is 2.21. The minimum absolute atomic E-state index is 0.268. The van der Waals surface area contributed by atoms with Crippen LogP contribution in [0.15, 0.2) is 4.42 Å². The van der Waals surface area contributed by atoms with E-state index in [1.807, 2.05) is 0 Å². The fourth-order valence-corrected chi connectivity index (χ4v) is 1.88. The van der Waals surface area contributed by atoms with E-state index in [-0.39, 0.29) is 6.04 Å². The first-order chi connectivity index (χ1) is 7.15. The van der Waals surface area contributed by atoms with Crippen LogP contribution >= 0.6 is 0 Å². The van der Waals surface area contributed by atoms with Crippen molar-refractivity contribution >= 4 is 0 Å². The van der Waals surface area contributed by atoms with Crippen LogP contribution in [0.5, 0.6) is 0 Å². The molecule has 1 unspecified atom stereocenters. The number of nitrogens with zero attached hydrogens (tertiary/aromatic N) is 2.